The van der Waals surface area contributed by atoms with Crippen molar-refractivity contribution in [1.29, 1.82) is 0 Å². The highest BCUT2D eigenvalue weighted by Gasteiger charge is 2.14. The monoisotopic (exact) mass is 336 g/mol. The SMILES string of the molecule is CN(C)c1ccnc(CNC(=O)c2cc(-c3ccccc3)nn2C)n1. The molecule has 0 unspecified atom stereocenters. The number of nitrogens with zero attached hydrogens (tertiary/aromatic N) is 5. The van der Waals surface area contributed by atoms with Crippen LogP contribution in [0.4, 0.5) is 5.82 Å². The second kappa shape index (κ2) is 7.12. The van der Waals surface area contributed by atoms with Gasteiger partial charge in [-0.05, 0) is 12.1 Å². The molecule has 3 rings (SSSR count). The molecule has 3 aromatic rings. The standard InChI is InChI=1S/C18H20N6O/c1-23(2)17-9-10-19-16(21-17)12-20-18(25)15-11-14(22-24(15)3)13-7-5-4-6-8-13/h4-11H,12H2,1-3H3,(H,20,25). The van der Waals surface area contributed by atoms with Crippen molar-refractivity contribution in [3.05, 3.63) is 60.2 Å². The zero-order valence-electron chi connectivity index (χ0n) is 14.5. The Balaban J connectivity index is 1.72. The van der Waals surface area contributed by atoms with Gasteiger partial charge in [-0.3, -0.25) is 9.48 Å². The maximum Gasteiger partial charge on any atom is 0.269 e. The predicted octanol–water partition coefficient (Wildman–Crippen LogP) is 1.87. The van der Waals surface area contributed by atoms with Gasteiger partial charge in [-0.1, -0.05) is 30.3 Å². The lowest BCUT2D eigenvalue weighted by atomic mass is 10.1. The van der Waals surface area contributed by atoms with Crippen LogP contribution < -0.4 is 10.2 Å². The van der Waals surface area contributed by atoms with Crippen LogP contribution >= 0.6 is 0 Å². The van der Waals surface area contributed by atoms with E-state index in [0.29, 0.717) is 11.5 Å². The summed E-state index contributed by atoms with van der Waals surface area (Å²) in [4.78, 5) is 22.9. The molecule has 25 heavy (non-hydrogen) atoms. The number of aryl methyl sites for hydroxylation is 1. The van der Waals surface area contributed by atoms with Crippen LogP contribution in [-0.2, 0) is 13.6 Å². The summed E-state index contributed by atoms with van der Waals surface area (Å²) in [7, 11) is 5.57. The number of benzene rings is 1. The molecule has 0 fully saturated rings. The normalized spacial score (nSPS) is 10.5. The summed E-state index contributed by atoms with van der Waals surface area (Å²) in [6.07, 6.45) is 1.68. The first kappa shape index (κ1) is 16.6. The molecule has 1 N–H and O–H groups in total. The van der Waals surface area contributed by atoms with Gasteiger partial charge in [0, 0.05) is 32.9 Å². The van der Waals surface area contributed by atoms with Crippen molar-refractivity contribution in [3.63, 3.8) is 0 Å². The summed E-state index contributed by atoms with van der Waals surface area (Å²) < 4.78 is 1.58. The van der Waals surface area contributed by atoms with E-state index < -0.39 is 0 Å². The molecule has 0 saturated heterocycles. The number of hydrogen-bond donors (Lipinski definition) is 1. The average Bonchev–Trinajstić information content (AvgIpc) is 3.02. The third kappa shape index (κ3) is 3.82. The Morgan fingerprint density at radius 2 is 1.96 bits per heavy atom. The molecule has 2 aromatic heterocycles. The topological polar surface area (TPSA) is 75.9 Å². The van der Waals surface area contributed by atoms with Gasteiger partial charge in [0.1, 0.15) is 17.3 Å². The Labute approximate surface area is 146 Å². The molecule has 0 bridgehead atoms. The Bertz CT molecular complexity index is 872. The number of carbonyl (C=O) groups excluding carboxylic acids is 1. The molecule has 0 radical (unpaired) electrons. The van der Waals surface area contributed by atoms with Gasteiger partial charge < -0.3 is 10.2 Å². The Morgan fingerprint density at radius 3 is 2.68 bits per heavy atom. The molecule has 7 heteroatoms. The van der Waals surface area contributed by atoms with Gasteiger partial charge >= 0.3 is 0 Å². The largest absolute Gasteiger partial charge is 0.363 e. The van der Waals surface area contributed by atoms with Crippen molar-refractivity contribution in [3.8, 4) is 11.3 Å². The molecule has 128 valence electrons. The van der Waals surface area contributed by atoms with E-state index in [2.05, 4.69) is 20.4 Å². The van der Waals surface area contributed by atoms with E-state index in [1.54, 1.807) is 24.0 Å². The Kier molecular flexibility index (Phi) is 4.74. The molecule has 0 aliphatic rings. The fraction of sp³-hybridized carbons (Fsp3) is 0.222. The predicted molar refractivity (Wildman–Crippen MR) is 96.2 cm³/mol. The van der Waals surface area contributed by atoms with Crippen LogP contribution in [0.5, 0.6) is 0 Å². The van der Waals surface area contributed by atoms with E-state index in [1.807, 2.05) is 55.4 Å². The van der Waals surface area contributed by atoms with Crippen molar-refractivity contribution < 1.29 is 4.79 Å². The number of anilines is 1. The van der Waals surface area contributed by atoms with Crippen LogP contribution in [-0.4, -0.2) is 39.8 Å². The van der Waals surface area contributed by atoms with Crippen molar-refractivity contribution >= 4 is 11.7 Å². The summed E-state index contributed by atoms with van der Waals surface area (Å²) in [5.74, 6) is 1.15. The first-order valence-corrected chi connectivity index (χ1v) is 7.91. The smallest absolute Gasteiger partial charge is 0.269 e. The van der Waals surface area contributed by atoms with E-state index in [-0.39, 0.29) is 12.5 Å². The Morgan fingerprint density at radius 1 is 1.20 bits per heavy atom. The second-order valence-corrected chi connectivity index (χ2v) is 5.81. The minimum atomic E-state index is -0.212. The van der Waals surface area contributed by atoms with E-state index >= 15 is 0 Å². The molecule has 2 heterocycles. The van der Waals surface area contributed by atoms with Gasteiger partial charge in [0.25, 0.3) is 5.91 Å². The van der Waals surface area contributed by atoms with Crippen molar-refractivity contribution in [2.75, 3.05) is 19.0 Å². The summed E-state index contributed by atoms with van der Waals surface area (Å²) in [5.41, 5.74) is 2.22. The van der Waals surface area contributed by atoms with Crippen LogP contribution in [0.15, 0.2) is 48.7 Å². The summed E-state index contributed by atoms with van der Waals surface area (Å²) in [6, 6.07) is 13.4. The lowest BCUT2D eigenvalue weighted by molar-refractivity contribution is 0.0940. The van der Waals surface area contributed by atoms with E-state index in [9.17, 15) is 4.79 Å². The minimum absolute atomic E-state index is 0.212. The lowest BCUT2D eigenvalue weighted by Crippen LogP contribution is -2.26. The van der Waals surface area contributed by atoms with E-state index in [1.165, 1.54) is 0 Å². The van der Waals surface area contributed by atoms with Gasteiger partial charge in [0.2, 0.25) is 0 Å². The highest BCUT2D eigenvalue weighted by atomic mass is 16.2. The first-order valence-electron chi connectivity index (χ1n) is 7.91. The van der Waals surface area contributed by atoms with Gasteiger partial charge in [-0.2, -0.15) is 5.10 Å². The fourth-order valence-corrected chi connectivity index (χ4v) is 2.40. The second-order valence-electron chi connectivity index (χ2n) is 5.81. The Hall–Kier alpha value is -3.22. The molecule has 1 amide bonds. The molecular formula is C18H20N6O. The highest BCUT2D eigenvalue weighted by molar-refractivity contribution is 5.93. The molecule has 1 aromatic carbocycles. The van der Waals surface area contributed by atoms with Gasteiger partial charge in [-0.15, -0.1) is 0 Å². The zero-order valence-corrected chi connectivity index (χ0v) is 14.5. The summed E-state index contributed by atoms with van der Waals surface area (Å²) >= 11 is 0. The third-order valence-electron chi connectivity index (χ3n) is 3.74. The first-order chi connectivity index (χ1) is 12.0. The molecule has 7 nitrogen and oxygen atoms in total. The van der Waals surface area contributed by atoms with Gasteiger partial charge in [-0.25, -0.2) is 9.97 Å². The molecule has 0 spiro atoms. The number of aromatic nitrogens is 4. The van der Waals surface area contributed by atoms with E-state index in [4.69, 9.17) is 0 Å². The average molecular weight is 336 g/mol. The zero-order chi connectivity index (χ0) is 17.8. The molecule has 0 saturated carbocycles. The number of amides is 1. The summed E-state index contributed by atoms with van der Waals surface area (Å²) in [5, 5.41) is 7.26. The third-order valence-corrected chi connectivity index (χ3v) is 3.74. The number of rotatable bonds is 5. The highest BCUT2D eigenvalue weighted by Crippen LogP contribution is 2.18. The maximum atomic E-state index is 12.5. The van der Waals surface area contributed by atoms with Crippen LogP contribution in [0.2, 0.25) is 0 Å². The number of nitrogens with one attached hydrogen (secondary N) is 1. The quantitative estimate of drug-likeness (QED) is 0.770. The summed E-state index contributed by atoms with van der Waals surface area (Å²) in [6.45, 7) is 0.256. The maximum absolute atomic E-state index is 12.5. The fourth-order valence-electron chi connectivity index (χ4n) is 2.40. The molecule has 0 aliphatic heterocycles. The van der Waals surface area contributed by atoms with Gasteiger partial charge in [0.05, 0.1) is 12.2 Å². The lowest BCUT2D eigenvalue weighted by Gasteiger charge is -2.11. The number of hydrogen-bond acceptors (Lipinski definition) is 5. The molecular weight excluding hydrogens is 316 g/mol. The minimum Gasteiger partial charge on any atom is -0.363 e. The van der Waals surface area contributed by atoms with Crippen LogP contribution in [0.25, 0.3) is 11.3 Å². The van der Waals surface area contributed by atoms with Crippen molar-refractivity contribution in [2.45, 2.75) is 6.54 Å². The van der Waals surface area contributed by atoms with Gasteiger partial charge in [0.15, 0.2) is 0 Å². The van der Waals surface area contributed by atoms with Crippen molar-refractivity contribution in [1.82, 2.24) is 25.1 Å². The van der Waals surface area contributed by atoms with Crippen LogP contribution in [0.1, 0.15) is 16.3 Å². The van der Waals surface area contributed by atoms with E-state index in [0.717, 1.165) is 17.1 Å². The van der Waals surface area contributed by atoms with Crippen LogP contribution in [0.3, 0.4) is 0 Å². The van der Waals surface area contributed by atoms with Crippen molar-refractivity contribution in [2.24, 2.45) is 7.05 Å². The molecule has 0 aliphatic carbocycles. The van der Waals surface area contributed by atoms with Crippen LogP contribution in [0, 0.1) is 0 Å². The molecule has 0 atom stereocenters. The number of carbonyl (C=O) groups is 1.